The monoisotopic (exact) mass is 302 g/mol. The van der Waals surface area contributed by atoms with Gasteiger partial charge >= 0.3 is 0 Å². The number of nitrogens with one attached hydrogen (secondary N) is 1. The van der Waals surface area contributed by atoms with E-state index in [4.69, 9.17) is 0 Å². The van der Waals surface area contributed by atoms with Crippen LogP contribution < -0.4 is 5.32 Å². The lowest BCUT2D eigenvalue weighted by atomic mass is 9.90. The summed E-state index contributed by atoms with van der Waals surface area (Å²) in [7, 11) is 0.976. The molecule has 0 radical (unpaired) electrons. The summed E-state index contributed by atoms with van der Waals surface area (Å²) in [6.45, 7) is 0. The van der Waals surface area contributed by atoms with E-state index in [1.807, 2.05) is 19.0 Å². The third-order valence-electron chi connectivity index (χ3n) is 4.84. The molecule has 1 unspecified atom stereocenters. The minimum atomic E-state index is -2.88. The molecule has 1 atom stereocenters. The summed E-state index contributed by atoms with van der Waals surface area (Å²) >= 11 is 0. The number of sulfone groups is 1. The fraction of sp³-hybridized carbons (Fsp3) is 0.929. The maximum absolute atomic E-state index is 12.3. The number of amides is 1. The van der Waals surface area contributed by atoms with Crippen molar-refractivity contribution in [2.45, 2.75) is 50.6 Å². The molecule has 0 aromatic heterocycles. The molecule has 1 heterocycles. The normalized spacial score (nSPS) is 33.0. The van der Waals surface area contributed by atoms with Gasteiger partial charge in [0.2, 0.25) is 5.91 Å². The maximum Gasteiger partial charge on any atom is 0.222 e. The molecule has 1 saturated heterocycles. The van der Waals surface area contributed by atoms with Gasteiger partial charge in [-0.25, -0.2) is 8.42 Å². The second-order valence-electron chi connectivity index (χ2n) is 6.27. The van der Waals surface area contributed by atoms with E-state index < -0.39 is 9.84 Å². The lowest BCUT2D eigenvalue weighted by Gasteiger charge is -2.35. The van der Waals surface area contributed by atoms with Gasteiger partial charge in [0, 0.05) is 25.6 Å². The van der Waals surface area contributed by atoms with Crippen molar-refractivity contribution < 1.29 is 13.2 Å². The molecule has 20 heavy (non-hydrogen) atoms. The summed E-state index contributed by atoms with van der Waals surface area (Å²) in [6, 6.07) is 0.903. The van der Waals surface area contributed by atoms with Crippen LogP contribution in [0.1, 0.15) is 38.5 Å². The number of carbonyl (C=O) groups is 1. The van der Waals surface area contributed by atoms with Gasteiger partial charge in [-0.05, 0) is 45.1 Å². The predicted octanol–water partition coefficient (Wildman–Crippen LogP) is 0.800. The maximum atomic E-state index is 12.3. The molecule has 0 spiro atoms. The zero-order valence-corrected chi connectivity index (χ0v) is 13.3. The van der Waals surface area contributed by atoms with Gasteiger partial charge in [0.25, 0.3) is 0 Å². The van der Waals surface area contributed by atoms with Crippen LogP contribution in [0.15, 0.2) is 0 Å². The first-order valence-electron chi connectivity index (χ1n) is 7.54. The van der Waals surface area contributed by atoms with Gasteiger partial charge in [0.15, 0.2) is 9.84 Å². The summed E-state index contributed by atoms with van der Waals surface area (Å²) in [6.07, 6.45) is 5.33. The standard InChI is InChI=1S/C14H26N2O3S/c1-15-12-3-5-13(6-4-12)16(2)14(17)9-11-7-8-20(18,19)10-11/h11-13,15H,3-10H2,1-2H3. The highest BCUT2D eigenvalue weighted by atomic mass is 32.2. The lowest BCUT2D eigenvalue weighted by Crippen LogP contribution is -2.43. The highest BCUT2D eigenvalue weighted by Gasteiger charge is 2.32. The molecule has 2 fully saturated rings. The van der Waals surface area contributed by atoms with Crippen LogP contribution in [0.5, 0.6) is 0 Å². The molecular formula is C14H26N2O3S. The minimum absolute atomic E-state index is 0.0311. The fourth-order valence-electron chi connectivity index (χ4n) is 3.38. The number of carbonyl (C=O) groups excluding carboxylic acids is 1. The molecule has 0 bridgehead atoms. The van der Waals surface area contributed by atoms with E-state index in [-0.39, 0.29) is 23.3 Å². The predicted molar refractivity (Wildman–Crippen MR) is 79.3 cm³/mol. The number of nitrogens with zero attached hydrogens (tertiary/aromatic N) is 1. The van der Waals surface area contributed by atoms with Crippen molar-refractivity contribution in [3.05, 3.63) is 0 Å². The van der Waals surface area contributed by atoms with Crippen molar-refractivity contribution in [2.24, 2.45) is 5.92 Å². The SMILES string of the molecule is CNC1CCC(N(C)C(=O)CC2CCS(=O)(=O)C2)CC1. The van der Waals surface area contributed by atoms with Gasteiger partial charge in [0.05, 0.1) is 11.5 Å². The molecular weight excluding hydrogens is 276 g/mol. The molecule has 1 N–H and O–H groups in total. The second-order valence-corrected chi connectivity index (χ2v) is 8.50. The zero-order valence-electron chi connectivity index (χ0n) is 12.5. The topological polar surface area (TPSA) is 66.5 Å². The lowest BCUT2D eigenvalue weighted by molar-refractivity contribution is -0.133. The van der Waals surface area contributed by atoms with Crippen LogP contribution in [0, 0.1) is 5.92 Å². The van der Waals surface area contributed by atoms with Crippen molar-refractivity contribution in [1.82, 2.24) is 10.2 Å². The van der Waals surface area contributed by atoms with E-state index >= 15 is 0 Å². The van der Waals surface area contributed by atoms with E-state index in [0.717, 1.165) is 25.7 Å². The quantitative estimate of drug-likeness (QED) is 0.834. The third-order valence-corrected chi connectivity index (χ3v) is 6.67. The van der Waals surface area contributed by atoms with Crippen LogP contribution in [0.3, 0.4) is 0 Å². The largest absolute Gasteiger partial charge is 0.343 e. The number of hydrogen-bond donors (Lipinski definition) is 1. The third kappa shape index (κ3) is 3.95. The Hall–Kier alpha value is -0.620. The molecule has 1 saturated carbocycles. The molecule has 0 aromatic rings. The Morgan fingerprint density at radius 2 is 1.85 bits per heavy atom. The average molecular weight is 302 g/mol. The van der Waals surface area contributed by atoms with Crippen molar-refractivity contribution >= 4 is 15.7 Å². The van der Waals surface area contributed by atoms with Crippen LogP contribution in [0.4, 0.5) is 0 Å². The molecule has 0 aromatic carbocycles. The Kier molecular flexibility index (Phi) is 5.07. The smallest absolute Gasteiger partial charge is 0.222 e. The van der Waals surface area contributed by atoms with Gasteiger partial charge in [-0.15, -0.1) is 0 Å². The van der Waals surface area contributed by atoms with E-state index in [1.54, 1.807) is 0 Å². The van der Waals surface area contributed by atoms with Gasteiger partial charge < -0.3 is 10.2 Å². The first-order chi connectivity index (χ1) is 9.41. The minimum Gasteiger partial charge on any atom is -0.343 e. The van der Waals surface area contributed by atoms with E-state index in [2.05, 4.69) is 5.32 Å². The van der Waals surface area contributed by atoms with Gasteiger partial charge in [0.1, 0.15) is 0 Å². The van der Waals surface area contributed by atoms with Crippen LogP contribution in [0.2, 0.25) is 0 Å². The Bertz CT molecular complexity index is 441. The summed E-state index contributed by atoms with van der Waals surface area (Å²) in [5.41, 5.74) is 0. The highest BCUT2D eigenvalue weighted by molar-refractivity contribution is 7.91. The molecule has 1 aliphatic heterocycles. The zero-order chi connectivity index (χ0) is 14.8. The highest BCUT2D eigenvalue weighted by Crippen LogP contribution is 2.26. The van der Waals surface area contributed by atoms with Gasteiger partial charge in [-0.1, -0.05) is 0 Å². The number of hydrogen-bond acceptors (Lipinski definition) is 4. The fourth-order valence-corrected chi connectivity index (χ4v) is 5.24. The first-order valence-corrected chi connectivity index (χ1v) is 9.37. The average Bonchev–Trinajstić information content (AvgIpc) is 2.77. The summed E-state index contributed by atoms with van der Waals surface area (Å²) < 4.78 is 22.9. The molecule has 116 valence electrons. The molecule has 1 aliphatic carbocycles. The van der Waals surface area contributed by atoms with Crippen molar-refractivity contribution in [3.8, 4) is 0 Å². The Morgan fingerprint density at radius 3 is 2.35 bits per heavy atom. The molecule has 1 amide bonds. The molecule has 2 rings (SSSR count). The molecule has 5 nitrogen and oxygen atoms in total. The van der Waals surface area contributed by atoms with Crippen LogP contribution >= 0.6 is 0 Å². The van der Waals surface area contributed by atoms with Crippen molar-refractivity contribution in [1.29, 1.82) is 0 Å². The Balaban J connectivity index is 1.81. The van der Waals surface area contributed by atoms with Crippen LogP contribution in [0.25, 0.3) is 0 Å². The van der Waals surface area contributed by atoms with Crippen molar-refractivity contribution in [2.75, 3.05) is 25.6 Å². The Morgan fingerprint density at radius 1 is 1.20 bits per heavy atom. The van der Waals surface area contributed by atoms with E-state index in [0.29, 0.717) is 24.9 Å². The molecule has 2 aliphatic rings. The Labute approximate surface area is 122 Å². The van der Waals surface area contributed by atoms with Crippen LogP contribution in [-0.2, 0) is 14.6 Å². The van der Waals surface area contributed by atoms with Gasteiger partial charge in [-0.2, -0.15) is 0 Å². The summed E-state index contributed by atoms with van der Waals surface area (Å²) in [5, 5.41) is 3.29. The first kappa shape index (κ1) is 15.8. The second kappa shape index (κ2) is 6.43. The van der Waals surface area contributed by atoms with E-state index in [9.17, 15) is 13.2 Å². The van der Waals surface area contributed by atoms with Crippen molar-refractivity contribution in [3.63, 3.8) is 0 Å². The molecule has 6 heteroatoms. The summed E-state index contributed by atoms with van der Waals surface area (Å²) in [4.78, 5) is 14.1. The van der Waals surface area contributed by atoms with E-state index in [1.165, 1.54) is 0 Å². The summed E-state index contributed by atoms with van der Waals surface area (Å²) in [5.74, 6) is 0.588. The van der Waals surface area contributed by atoms with Crippen LogP contribution in [-0.4, -0.2) is 56.9 Å². The number of rotatable bonds is 4. The van der Waals surface area contributed by atoms with Gasteiger partial charge in [-0.3, -0.25) is 4.79 Å².